The zero-order valence-corrected chi connectivity index (χ0v) is 14.3. The van der Waals surface area contributed by atoms with Gasteiger partial charge in [0.2, 0.25) is 4.69 Å². The van der Waals surface area contributed by atoms with Crippen LogP contribution in [0.2, 0.25) is 0 Å². The molecule has 0 aliphatic rings. The largest absolute Gasteiger partial charge is 0.372 e. The molecule has 0 heterocycles. The smallest absolute Gasteiger partial charge is 0.238 e. The Balaban J connectivity index is 2.48. The number of hydrogen-bond acceptors (Lipinski definition) is 2. The first-order valence-corrected chi connectivity index (χ1v) is 8.46. The minimum absolute atomic E-state index is 0.436. The topological polar surface area (TPSA) is 37.3 Å². The molecule has 0 bridgehead atoms. The number of carbonyl (C=O) groups excluding carboxylic acids is 1. The zero-order valence-electron chi connectivity index (χ0n) is 12.8. The number of benzene rings is 2. The Hall–Kier alpha value is -1.45. The predicted molar refractivity (Wildman–Crippen MR) is 93.0 cm³/mol. The molecule has 2 rings (SSSR count). The van der Waals surface area contributed by atoms with Gasteiger partial charge in [-0.2, -0.15) is 0 Å². The molecule has 22 heavy (non-hydrogen) atoms. The molecule has 0 saturated carbocycles. The van der Waals surface area contributed by atoms with Crippen molar-refractivity contribution in [3.63, 3.8) is 0 Å². The molecule has 1 N–H and O–H groups in total. The Morgan fingerprint density at radius 1 is 1.05 bits per heavy atom. The molecule has 0 aliphatic carbocycles. The number of aliphatic hydroxyl groups is 1. The fourth-order valence-corrected chi connectivity index (χ4v) is 3.15. The number of halogens is 1. The third-order valence-corrected chi connectivity index (χ3v) is 4.51. The molecule has 116 valence electrons. The van der Waals surface area contributed by atoms with Crippen LogP contribution in [0.15, 0.2) is 54.6 Å². The second-order valence-corrected chi connectivity index (χ2v) is 6.18. The van der Waals surface area contributed by atoms with Crippen LogP contribution in [0.1, 0.15) is 42.9 Å². The fraction of sp³-hybridized carbons (Fsp3) is 0.316. The molecule has 2 nitrogen and oxygen atoms in total. The van der Waals surface area contributed by atoms with Gasteiger partial charge in [0.15, 0.2) is 5.60 Å². The van der Waals surface area contributed by atoms with Gasteiger partial charge >= 0.3 is 0 Å². The van der Waals surface area contributed by atoms with Gasteiger partial charge in [0, 0.05) is 0 Å². The molecule has 2 aromatic rings. The predicted octanol–water partition coefficient (Wildman–Crippen LogP) is 4.58. The third-order valence-electron chi connectivity index (χ3n) is 3.93. The number of unbranched alkanes of at least 4 members (excludes halogenated alkanes) is 2. The molecular weight excluding hydrogens is 340 g/mol. The van der Waals surface area contributed by atoms with Crippen LogP contribution in [0.5, 0.6) is 0 Å². The summed E-state index contributed by atoms with van der Waals surface area (Å²) >= 11 is 3.00. The molecule has 0 spiro atoms. The molecule has 0 fully saturated rings. The molecule has 0 amide bonds. The highest BCUT2D eigenvalue weighted by Crippen LogP contribution is 2.35. The summed E-state index contributed by atoms with van der Waals surface area (Å²) in [6.45, 7) is 2.16. The Labute approximate surface area is 140 Å². The molecule has 1 atom stereocenters. The van der Waals surface area contributed by atoms with Crippen molar-refractivity contribution < 1.29 is 9.90 Å². The van der Waals surface area contributed by atoms with E-state index < -0.39 is 10.3 Å². The first kappa shape index (κ1) is 16.9. The van der Waals surface area contributed by atoms with E-state index in [1.165, 1.54) is 0 Å². The summed E-state index contributed by atoms with van der Waals surface area (Å²) < 4.78 is -0.436. The average Bonchev–Trinajstić information content (AvgIpc) is 2.55. The van der Waals surface area contributed by atoms with Crippen molar-refractivity contribution in [2.75, 3.05) is 0 Å². The van der Waals surface area contributed by atoms with Gasteiger partial charge in [0.1, 0.15) is 0 Å². The van der Waals surface area contributed by atoms with Crippen molar-refractivity contribution in [1.82, 2.24) is 0 Å². The van der Waals surface area contributed by atoms with E-state index in [0.29, 0.717) is 11.1 Å². The Morgan fingerprint density at radius 3 is 2.32 bits per heavy atom. The Bertz CT molecular complexity index is 624. The summed E-state index contributed by atoms with van der Waals surface area (Å²) in [6.07, 6.45) is 4.19. The lowest BCUT2D eigenvalue weighted by Gasteiger charge is -2.27. The molecular formula is C19H21BrO2. The van der Waals surface area contributed by atoms with Crippen molar-refractivity contribution in [1.29, 1.82) is 0 Å². The molecule has 0 aliphatic heterocycles. The monoisotopic (exact) mass is 360 g/mol. The Kier molecular flexibility index (Phi) is 5.92. The van der Waals surface area contributed by atoms with Gasteiger partial charge in [-0.15, -0.1) is 0 Å². The number of aryl methyl sites for hydroxylation is 1. The molecule has 0 saturated heterocycles. The molecule has 0 radical (unpaired) electrons. The summed E-state index contributed by atoms with van der Waals surface area (Å²) in [5.74, 6) is 0. The van der Waals surface area contributed by atoms with E-state index in [1.807, 2.05) is 42.5 Å². The van der Waals surface area contributed by atoms with Gasteiger partial charge in [-0.1, -0.05) is 74.4 Å². The zero-order chi connectivity index (χ0) is 16.0. The maximum atomic E-state index is 12.2. The van der Waals surface area contributed by atoms with Gasteiger partial charge in [-0.05, 0) is 45.5 Å². The van der Waals surface area contributed by atoms with Crippen LogP contribution >= 0.6 is 15.9 Å². The van der Waals surface area contributed by atoms with Crippen LogP contribution in [0.3, 0.4) is 0 Å². The van der Waals surface area contributed by atoms with Gasteiger partial charge in [0.25, 0.3) is 0 Å². The van der Waals surface area contributed by atoms with Gasteiger partial charge < -0.3 is 5.11 Å². The van der Waals surface area contributed by atoms with Crippen LogP contribution in [0.4, 0.5) is 0 Å². The summed E-state index contributed by atoms with van der Waals surface area (Å²) in [5, 5.41) is 11.2. The van der Waals surface area contributed by atoms with Crippen LogP contribution in [0.25, 0.3) is 0 Å². The lowest BCUT2D eigenvalue weighted by Crippen LogP contribution is -2.34. The van der Waals surface area contributed by atoms with Crippen LogP contribution in [0, 0.1) is 0 Å². The highest BCUT2D eigenvalue weighted by Gasteiger charge is 2.39. The van der Waals surface area contributed by atoms with Crippen molar-refractivity contribution in [3.8, 4) is 0 Å². The Morgan fingerprint density at radius 2 is 1.68 bits per heavy atom. The SMILES string of the molecule is CCCCCc1ccccc1C(O)(C(=O)Br)c1ccccc1. The van der Waals surface area contributed by atoms with Crippen molar-refractivity contribution in [2.45, 2.75) is 38.2 Å². The van der Waals surface area contributed by atoms with E-state index >= 15 is 0 Å². The fourth-order valence-electron chi connectivity index (χ4n) is 2.71. The molecule has 3 heteroatoms. The molecule has 2 aromatic carbocycles. The van der Waals surface area contributed by atoms with Crippen molar-refractivity contribution in [3.05, 3.63) is 71.3 Å². The molecule has 1 unspecified atom stereocenters. The number of rotatable bonds is 7. The summed E-state index contributed by atoms with van der Waals surface area (Å²) in [4.78, 5) is 12.2. The van der Waals surface area contributed by atoms with E-state index in [1.54, 1.807) is 12.1 Å². The van der Waals surface area contributed by atoms with Crippen LogP contribution in [-0.2, 0) is 16.8 Å². The normalized spacial score (nSPS) is 13.6. The first-order chi connectivity index (χ1) is 10.6. The lowest BCUT2D eigenvalue weighted by molar-refractivity contribution is -0.124. The standard InChI is InChI=1S/C19H21BrO2/c1-2-3-5-10-15-11-8-9-14-17(15)19(22,18(20)21)16-12-6-4-7-13-16/h4,6-9,11-14,22H,2-3,5,10H2,1H3. The molecule has 0 aromatic heterocycles. The first-order valence-electron chi connectivity index (χ1n) is 7.67. The van der Waals surface area contributed by atoms with E-state index in [-0.39, 0.29) is 0 Å². The van der Waals surface area contributed by atoms with Gasteiger partial charge in [0.05, 0.1) is 0 Å². The summed E-state index contributed by atoms with van der Waals surface area (Å²) in [5.41, 5.74) is 0.624. The van der Waals surface area contributed by atoms with E-state index in [9.17, 15) is 9.90 Å². The summed E-state index contributed by atoms with van der Waals surface area (Å²) in [6, 6.07) is 16.7. The minimum Gasteiger partial charge on any atom is -0.372 e. The van der Waals surface area contributed by atoms with Gasteiger partial charge in [-0.3, -0.25) is 4.79 Å². The van der Waals surface area contributed by atoms with E-state index in [4.69, 9.17) is 0 Å². The highest BCUT2D eigenvalue weighted by atomic mass is 79.9. The number of hydrogen-bond donors (Lipinski definition) is 1. The summed E-state index contributed by atoms with van der Waals surface area (Å²) in [7, 11) is 0. The van der Waals surface area contributed by atoms with Crippen LogP contribution in [-0.4, -0.2) is 9.80 Å². The number of carbonyl (C=O) groups is 1. The lowest BCUT2D eigenvalue weighted by atomic mass is 9.83. The second kappa shape index (κ2) is 7.70. The van der Waals surface area contributed by atoms with Crippen molar-refractivity contribution >= 4 is 20.6 Å². The van der Waals surface area contributed by atoms with E-state index in [2.05, 4.69) is 22.9 Å². The minimum atomic E-state index is -1.65. The maximum Gasteiger partial charge on any atom is 0.238 e. The highest BCUT2D eigenvalue weighted by molar-refractivity contribution is 9.18. The van der Waals surface area contributed by atoms with Gasteiger partial charge in [-0.25, -0.2) is 0 Å². The third kappa shape index (κ3) is 3.47. The van der Waals surface area contributed by atoms with E-state index in [0.717, 1.165) is 31.2 Å². The average molecular weight is 361 g/mol. The van der Waals surface area contributed by atoms with Crippen LogP contribution < -0.4 is 0 Å². The van der Waals surface area contributed by atoms with Crippen molar-refractivity contribution in [2.24, 2.45) is 0 Å². The second-order valence-electron chi connectivity index (χ2n) is 5.46. The quantitative estimate of drug-likeness (QED) is 0.579. The maximum absolute atomic E-state index is 12.2.